The normalized spacial score (nSPS) is 22.6. The molecule has 0 atom stereocenters. The summed E-state index contributed by atoms with van der Waals surface area (Å²) in [6, 6.07) is 0. The standard InChI is InChI=1S/C12H15I2O/c1-12(2,3)10-6-8-4-5-13-11(15)9(8)7-14-10/h6-7H,4-5H2,1-3H3/q-1. The zero-order chi connectivity index (χ0) is 11.1. The Labute approximate surface area is 111 Å². The van der Waals surface area contributed by atoms with Gasteiger partial charge in [0.25, 0.3) is 0 Å². The molecule has 0 aliphatic carbocycles. The first-order valence-electron chi connectivity index (χ1n) is 5.04. The molecule has 0 aromatic rings. The average molecular weight is 429 g/mol. The van der Waals surface area contributed by atoms with Gasteiger partial charge < -0.3 is 0 Å². The maximum atomic E-state index is 11.7. The number of rotatable bonds is 0. The molecule has 0 N–H and O–H groups in total. The third-order valence-corrected chi connectivity index (χ3v) is 8.32. The molecule has 0 aromatic heterocycles. The number of halogens is 2. The summed E-state index contributed by atoms with van der Waals surface area (Å²) in [5, 5.41) is 0. The van der Waals surface area contributed by atoms with Gasteiger partial charge in [-0.15, -0.1) is 0 Å². The van der Waals surface area contributed by atoms with Crippen molar-refractivity contribution in [3.63, 3.8) is 0 Å². The van der Waals surface area contributed by atoms with Gasteiger partial charge in [-0.25, -0.2) is 0 Å². The van der Waals surface area contributed by atoms with Crippen molar-refractivity contribution in [2.75, 3.05) is 4.43 Å². The molecular formula is C12H15I2O-. The molecule has 84 valence electrons. The Kier molecular flexibility index (Phi) is 3.50. The average Bonchev–Trinajstić information content (AvgIpc) is 2.16. The van der Waals surface area contributed by atoms with E-state index in [0.29, 0.717) is 3.79 Å². The summed E-state index contributed by atoms with van der Waals surface area (Å²) in [5.41, 5.74) is 2.73. The van der Waals surface area contributed by atoms with E-state index in [1.165, 1.54) is 5.57 Å². The van der Waals surface area contributed by atoms with E-state index in [4.69, 9.17) is 0 Å². The van der Waals surface area contributed by atoms with Crippen LogP contribution in [0.3, 0.4) is 0 Å². The second-order valence-electron chi connectivity index (χ2n) is 4.75. The number of alkyl halides is 1. The fourth-order valence-corrected chi connectivity index (χ4v) is 7.18. The minimum atomic E-state index is -0.177. The van der Waals surface area contributed by atoms with Crippen LogP contribution >= 0.6 is 20.7 Å². The second kappa shape index (κ2) is 4.39. The summed E-state index contributed by atoms with van der Waals surface area (Å²) in [6.45, 7) is 6.82. The molecule has 2 aliphatic rings. The summed E-state index contributed by atoms with van der Waals surface area (Å²) in [7, 11) is 0. The topological polar surface area (TPSA) is 17.1 Å². The van der Waals surface area contributed by atoms with Crippen LogP contribution < -0.4 is 21.2 Å². The maximum absolute atomic E-state index is 11.7. The Morgan fingerprint density at radius 2 is 2.13 bits per heavy atom. The molecular weight excluding hydrogens is 414 g/mol. The molecule has 3 heteroatoms. The van der Waals surface area contributed by atoms with Crippen LogP contribution in [-0.2, 0) is 4.79 Å². The summed E-state index contributed by atoms with van der Waals surface area (Å²) >= 11 is -0.216. The first-order valence-corrected chi connectivity index (χ1v) is 9.97. The van der Waals surface area contributed by atoms with E-state index >= 15 is 0 Å². The molecule has 2 aliphatic heterocycles. The van der Waals surface area contributed by atoms with Gasteiger partial charge in [-0.3, -0.25) is 0 Å². The van der Waals surface area contributed by atoms with Crippen molar-refractivity contribution in [1.29, 1.82) is 0 Å². The van der Waals surface area contributed by atoms with Gasteiger partial charge in [-0.1, -0.05) is 0 Å². The van der Waals surface area contributed by atoms with Crippen molar-refractivity contribution in [3.05, 3.63) is 20.8 Å². The van der Waals surface area contributed by atoms with Crippen molar-refractivity contribution in [2.24, 2.45) is 5.41 Å². The zero-order valence-corrected chi connectivity index (χ0v) is 13.5. The van der Waals surface area contributed by atoms with Gasteiger partial charge >= 0.3 is 112 Å². The number of hydrogen-bond donors (Lipinski definition) is 0. The molecule has 0 radical (unpaired) electrons. The van der Waals surface area contributed by atoms with Crippen LogP contribution in [0.2, 0.25) is 0 Å². The molecule has 0 spiro atoms. The van der Waals surface area contributed by atoms with Crippen LogP contribution in [0.15, 0.2) is 20.8 Å². The summed E-state index contributed by atoms with van der Waals surface area (Å²) in [5.74, 6) is 0. The van der Waals surface area contributed by atoms with Crippen molar-refractivity contribution in [1.82, 2.24) is 0 Å². The van der Waals surface area contributed by atoms with Gasteiger partial charge in [0, 0.05) is 0 Å². The first-order chi connectivity index (χ1) is 6.98. The Bertz CT molecular complexity index is 394. The molecule has 0 saturated carbocycles. The summed E-state index contributed by atoms with van der Waals surface area (Å²) in [4.78, 5) is 11.7. The summed E-state index contributed by atoms with van der Waals surface area (Å²) in [6.07, 6.45) is 3.48. The van der Waals surface area contributed by atoms with Crippen molar-refractivity contribution in [2.45, 2.75) is 27.2 Å². The monoisotopic (exact) mass is 429 g/mol. The number of carbonyl (C=O) groups excluding carboxylic acids is 1. The Morgan fingerprint density at radius 3 is 2.80 bits per heavy atom. The van der Waals surface area contributed by atoms with Gasteiger partial charge in [0.1, 0.15) is 0 Å². The van der Waals surface area contributed by atoms with Crippen molar-refractivity contribution in [3.8, 4) is 0 Å². The first kappa shape index (κ1) is 12.0. The fourth-order valence-electron chi connectivity index (χ4n) is 1.51. The molecule has 2 rings (SSSR count). The third kappa shape index (κ3) is 2.60. The molecule has 0 bridgehead atoms. The SMILES string of the molecule is CC(C)(C)C1=CC2=C(C=I1)C(=O)[I-]CC2. The molecule has 2 heterocycles. The van der Waals surface area contributed by atoms with E-state index in [-0.39, 0.29) is 47.4 Å². The molecule has 0 amide bonds. The van der Waals surface area contributed by atoms with E-state index in [2.05, 4.69) is 30.9 Å². The van der Waals surface area contributed by atoms with Crippen molar-refractivity contribution >= 4 is 28.5 Å². The zero-order valence-electron chi connectivity index (χ0n) is 9.23. The quantitative estimate of drug-likeness (QED) is 0.302. The Balaban J connectivity index is 2.40. The Hall–Kier alpha value is 0.480. The van der Waals surface area contributed by atoms with Gasteiger partial charge in [0.2, 0.25) is 0 Å². The number of carbonyl (C=O) groups is 1. The summed E-state index contributed by atoms with van der Waals surface area (Å²) < 4.78 is 5.49. The van der Waals surface area contributed by atoms with Gasteiger partial charge in [0.15, 0.2) is 0 Å². The van der Waals surface area contributed by atoms with E-state index in [1.807, 2.05) is 0 Å². The minimum absolute atomic E-state index is 0.0391. The van der Waals surface area contributed by atoms with E-state index in [9.17, 15) is 4.79 Å². The van der Waals surface area contributed by atoms with E-state index < -0.39 is 0 Å². The van der Waals surface area contributed by atoms with Crippen LogP contribution in [0, 0.1) is 5.41 Å². The molecule has 0 saturated heterocycles. The van der Waals surface area contributed by atoms with Crippen LogP contribution in [0.25, 0.3) is 0 Å². The van der Waals surface area contributed by atoms with E-state index in [1.54, 1.807) is 3.58 Å². The van der Waals surface area contributed by atoms with Crippen LogP contribution in [-0.4, -0.2) is 12.2 Å². The van der Waals surface area contributed by atoms with Crippen LogP contribution in [0.4, 0.5) is 0 Å². The molecule has 0 fully saturated rings. The van der Waals surface area contributed by atoms with Crippen molar-refractivity contribution < 1.29 is 26.0 Å². The molecule has 1 nitrogen and oxygen atoms in total. The van der Waals surface area contributed by atoms with Gasteiger partial charge in [0.05, 0.1) is 0 Å². The number of hydrogen-bond acceptors (Lipinski definition) is 1. The van der Waals surface area contributed by atoms with Crippen LogP contribution in [0.1, 0.15) is 27.2 Å². The van der Waals surface area contributed by atoms with E-state index in [0.717, 1.165) is 16.4 Å². The third-order valence-electron chi connectivity index (χ3n) is 2.44. The predicted molar refractivity (Wildman–Crippen MR) is 69.1 cm³/mol. The molecule has 0 unspecified atom stereocenters. The molecule has 15 heavy (non-hydrogen) atoms. The fraction of sp³-hybridized carbons (Fsp3) is 0.500. The molecule has 0 aromatic carbocycles. The van der Waals surface area contributed by atoms with Gasteiger partial charge in [-0.05, 0) is 0 Å². The number of allylic oxidation sites excluding steroid dienone is 4. The Morgan fingerprint density at radius 1 is 1.40 bits per heavy atom. The predicted octanol–water partition coefficient (Wildman–Crippen LogP) is 0.0188. The van der Waals surface area contributed by atoms with Gasteiger partial charge in [-0.2, -0.15) is 0 Å². The second-order valence-corrected chi connectivity index (χ2v) is 9.97. The van der Waals surface area contributed by atoms with Crippen LogP contribution in [0.5, 0.6) is 0 Å².